The Hall–Kier alpha value is 0.134. The molecular weight excluding hydrogens is 262 g/mol. The number of rotatable bonds is 10. The topological polar surface area (TPSA) is 3.24 Å². The van der Waals surface area contributed by atoms with Crippen molar-refractivity contribution in [1.82, 2.24) is 4.57 Å². The molecule has 114 valence electrons. The van der Waals surface area contributed by atoms with Crippen LogP contribution in [-0.2, 0) is 0 Å². The summed E-state index contributed by atoms with van der Waals surface area (Å²) < 4.78 is 2.95. The quantitative estimate of drug-likeness (QED) is 0.480. The van der Waals surface area contributed by atoms with Gasteiger partial charge in [0.2, 0.25) is 0 Å². The van der Waals surface area contributed by atoms with E-state index in [9.17, 15) is 0 Å². The van der Waals surface area contributed by atoms with Gasteiger partial charge >= 0.3 is 0 Å². The Kier molecular flexibility index (Phi) is 8.49. The van der Waals surface area contributed by atoms with Gasteiger partial charge < -0.3 is 4.57 Å². The average molecular weight is 300 g/mol. The third kappa shape index (κ3) is 5.20. The van der Waals surface area contributed by atoms with Gasteiger partial charge in [-0.3, -0.25) is 0 Å². The molecule has 0 radical (unpaired) electrons. The first-order valence-corrected chi connectivity index (χ1v) is 14.1. The highest BCUT2D eigenvalue weighted by atomic mass is 28.3. The van der Waals surface area contributed by atoms with Crippen molar-refractivity contribution >= 4 is 16.3 Å². The van der Waals surface area contributed by atoms with Crippen LogP contribution in [0, 0.1) is 0 Å². The van der Waals surface area contributed by atoms with Crippen LogP contribution in [0.5, 0.6) is 0 Å². The second kappa shape index (κ2) is 8.43. The molecule has 1 nitrogen and oxygen atoms in total. The summed E-state index contributed by atoms with van der Waals surface area (Å²) in [5.74, 6) is 0. The summed E-state index contributed by atoms with van der Waals surface area (Å²) in [6, 6.07) is 6.33. The molecule has 0 saturated heterocycles. The molecule has 0 heterocycles. The van der Waals surface area contributed by atoms with Crippen LogP contribution in [0.2, 0.25) is 37.3 Å². The Labute approximate surface area is 124 Å². The molecule has 0 N–H and O–H groups in total. The summed E-state index contributed by atoms with van der Waals surface area (Å²) in [4.78, 5) is 0. The third-order valence-corrected chi connectivity index (χ3v) is 13.7. The molecule has 1 unspecified atom stereocenters. The summed E-state index contributed by atoms with van der Waals surface area (Å²) >= 11 is 0. The Morgan fingerprint density at radius 3 is 1.84 bits per heavy atom. The van der Waals surface area contributed by atoms with E-state index in [2.05, 4.69) is 64.6 Å². The fraction of sp³-hybridized carbons (Fsp3) is 0.875. The second-order valence-electron chi connectivity index (χ2n) is 6.68. The Balaban J connectivity index is 5.05. The molecule has 19 heavy (non-hydrogen) atoms. The van der Waals surface area contributed by atoms with Crippen molar-refractivity contribution in [3.63, 3.8) is 0 Å². The van der Waals surface area contributed by atoms with Crippen molar-refractivity contribution in [3.8, 4) is 0 Å². The molecule has 1 atom stereocenters. The summed E-state index contributed by atoms with van der Waals surface area (Å²) in [7, 11) is -2.39. The van der Waals surface area contributed by atoms with Crippen molar-refractivity contribution in [3.05, 3.63) is 12.3 Å². The van der Waals surface area contributed by atoms with Gasteiger partial charge in [-0.1, -0.05) is 47.7 Å². The summed E-state index contributed by atoms with van der Waals surface area (Å²) in [5.41, 5.74) is 2.26. The molecule has 0 aromatic carbocycles. The Morgan fingerprint density at radius 2 is 1.53 bits per heavy atom. The van der Waals surface area contributed by atoms with E-state index in [0.29, 0.717) is 0 Å². The van der Waals surface area contributed by atoms with Gasteiger partial charge in [-0.25, -0.2) is 0 Å². The van der Waals surface area contributed by atoms with Crippen LogP contribution >= 0.6 is 0 Å². The molecule has 0 bridgehead atoms. The van der Waals surface area contributed by atoms with Crippen molar-refractivity contribution in [2.75, 3.05) is 6.54 Å². The van der Waals surface area contributed by atoms with Crippen LogP contribution in [0.25, 0.3) is 0 Å². The highest BCUT2D eigenvalue weighted by molar-refractivity contribution is 6.82. The molecule has 0 aromatic rings. The van der Waals surface area contributed by atoms with Gasteiger partial charge in [0.1, 0.15) is 8.24 Å². The normalized spacial score (nSPS) is 14.7. The van der Waals surface area contributed by atoms with Crippen LogP contribution in [0.3, 0.4) is 0 Å². The van der Waals surface area contributed by atoms with Crippen molar-refractivity contribution in [2.24, 2.45) is 0 Å². The zero-order valence-electron chi connectivity index (χ0n) is 14.6. The molecule has 0 aliphatic rings. The summed E-state index contributed by atoms with van der Waals surface area (Å²) in [5, 5.41) is 0. The maximum absolute atomic E-state index is 4.05. The standard InChI is InChI=1S/C16H37NSi2/c1-9-16(6)17(14-15-18(7,8)10-2)19(11-3,12-4)13-5/h10,16H,2,9,11-15H2,1,3-8H3. The lowest BCUT2D eigenvalue weighted by Crippen LogP contribution is -2.57. The van der Waals surface area contributed by atoms with Gasteiger partial charge in [0.15, 0.2) is 0 Å². The predicted octanol–water partition coefficient (Wildman–Crippen LogP) is 5.53. The number of hydrogen-bond donors (Lipinski definition) is 0. The first-order valence-electron chi connectivity index (χ1n) is 8.22. The Morgan fingerprint density at radius 1 is 1.05 bits per heavy atom. The van der Waals surface area contributed by atoms with E-state index in [-0.39, 0.29) is 0 Å². The van der Waals surface area contributed by atoms with Crippen molar-refractivity contribution < 1.29 is 0 Å². The predicted molar refractivity (Wildman–Crippen MR) is 96.1 cm³/mol. The number of hydrogen-bond acceptors (Lipinski definition) is 1. The van der Waals surface area contributed by atoms with Crippen LogP contribution in [0.4, 0.5) is 0 Å². The van der Waals surface area contributed by atoms with E-state index >= 15 is 0 Å². The molecule has 0 aliphatic carbocycles. The van der Waals surface area contributed by atoms with E-state index in [1.807, 2.05) is 0 Å². The van der Waals surface area contributed by atoms with Gasteiger partial charge in [0.25, 0.3) is 0 Å². The van der Waals surface area contributed by atoms with Gasteiger partial charge in [0.05, 0.1) is 8.07 Å². The smallest absolute Gasteiger partial charge is 0.127 e. The maximum Gasteiger partial charge on any atom is 0.127 e. The van der Waals surface area contributed by atoms with E-state index in [0.717, 1.165) is 6.04 Å². The van der Waals surface area contributed by atoms with Crippen LogP contribution in [0.15, 0.2) is 12.3 Å². The van der Waals surface area contributed by atoms with E-state index < -0.39 is 16.3 Å². The third-order valence-electron chi connectivity index (χ3n) is 5.26. The maximum atomic E-state index is 4.05. The highest BCUT2D eigenvalue weighted by Crippen LogP contribution is 2.29. The summed E-state index contributed by atoms with van der Waals surface area (Å²) in [6.07, 6.45) is 1.28. The highest BCUT2D eigenvalue weighted by Gasteiger charge is 2.37. The molecule has 3 heteroatoms. The monoisotopic (exact) mass is 299 g/mol. The first kappa shape index (κ1) is 19.1. The minimum atomic E-state index is -1.22. The van der Waals surface area contributed by atoms with Gasteiger partial charge in [-0.2, -0.15) is 0 Å². The lowest BCUT2D eigenvalue weighted by Gasteiger charge is -2.45. The minimum absolute atomic E-state index is 0.751. The van der Waals surface area contributed by atoms with Gasteiger partial charge in [0, 0.05) is 6.04 Å². The lowest BCUT2D eigenvalue weighted by atomic mass is 10.3. The second-order valence-corrected chi connectivity index (χ2v) is 16.7. The number of nitrogens with zero attached hydrogens (tertiary/aromatic N) is 1. The lowest BCUT2D eigenvalue weighted by molar-refractivity contribution is 0.331. The Bertz CT molecular complexity index is 251. The molecule has 0 aliphatic heterocycles. The molecule has 0 aromatic heterocycles. The van der Waals surface area contributed by atoms with E-state index in [4.69, 9.17) is 0 Å². The molecule has 0 spiro atoms. The molecule has 0 saturated carbocycles. The van der Waals surface area contributed by atoms with E-state index in [1.165, 1.54) is 37.1 Å². The molecule has 0 fully saturated rings. The average Bonchev–Trinajstić information content (AvgIpc) is 2.43. The van der Waals surface area contributed by atoms with E-state index in [1.54, 1.807) is 0 Å². The fourth-order valence-corrected chi connectivity index (χ4v) is 8.68. The zero-order chi connectivity index (χ0) is 15.1. The van der Waals surface area contributed by atoms with Crippen LogP contribution < -0.4 is 0 Å². The first-order chi connectivity index (χ1) is 8.82. The van der Waals surface area contributed by atoms with Gasteiger partial charge in [-0.15, -0.1) is 12.3 Å². The molecule has 0 rings (SSSR count). The minimum Gasteiger partial charge on any atom is -0.321 e. The van der Waals surface area contributed by atoms with Crippen LogP contribution in [-0.4, -0.2) is 33.5 Å². The summed E-state index contributed by atoms with van der Waals surface area (Å²) in [6.45, 7) is 22.3. The molecule has 0 amide bonds. The van der Waals surface area contributed by atoms with Crippen molar-refractivity contribution in [1.29, 1.82) is 0 Å². The van der Waals surface area contributed by atoms with Crippen molar-refractivity contribution in [2.45, 2.75) is 84.4 Å². The fourth-order valence-electron chi connectivity index (χ4n) is 3.02. The van der Waals surface area contributed by atoms with Gasteiger partial charge in [-0.05, 0) is 37.1 Å². The zero-order valence-corrected chi connectivity index (χ0v) is 16.6. The largest absolute Gasteiger partial charge is 0.321 e. The molecular formula is C16H37NSi2. The van der Waals surface area contributed by atoms with Crippen LogP contribution in [0.1, 0.15) is 41.0 Å². The SMILES string of the molecule is C=C[Si](C)(C)CCN(C(C)CC)[Si](CC)(CC)CC.